The van der Waals surface area contributed by atoms with Gasteiger partial charge in [-0.1, -0.05) is 25.1 Å². The number of nitrogens with zero attached hydrogens (tertiary/aromatic N) is 1. The van der Waals surface area contributed by atoms with Gasteiger partial charge >= 0.3 is 0 Å². The third-order valence-electron chi connectivity index (χ3n) is 4.67. The molecule has 2 nitrogen and oxygen atoms in total. The van der Waals surface area contributed by atoms with Crippen LogP contribution in [-0.2, 0) is 0 Å². The zero-order valence-electron chi connectivity index (χ0n) is 11.7. The average molecular weight is 370 g/mol. The van der Waals surface area contributed by atoms with Crippen LogP contribution in [0.25, 0.3) is 0 Å². The van der Waals surface area contributed by atoms with Crippen molar-refractivity contribution < 1.29 is 0 Å². The van der Waals surface area contributed by atoms with Crippen LogP contribution < -0.4 is 5.32 Å². The normalized spacial score (nSPS) is 32.0. The Kier molecular flexibility index (Phi) is 4.15. The molecule has 104 valence electrons. The molecule has 0 amide bonds. The van der Waals surface area contributed by atoms with Crippen LogP contribution in [0.3, 0.4) is 0 Å². The Morgan fingerprint density at radius 1 is 1.42 bits per heavy atom. The van der Waals surface area contributed by atoms with Crippen molar-refractivity contribution in [3.05, 3.63) is 33.4 Å². The van der Waals surface area contributed by atoms with Crippen LogP contribution in [0.1, 0.15) is 37.8 Å². The molecule has 3 rings (SSSR count). The molecule has 0 aromatic heterocycles. The Balaban J connectivity index is 1.76. The molecule has 2 heterocycles. The molecule has 2 unspecified atom stereocenters. The monoisotopic (exact) mass is 370 g/mol. The molecule has 2 aliphatic heterocycles. The maximum Gasteiger partial charge on any atom is 0.0359 e. The van der Waals surface area contributed by atoms with E-state index in [1.54, 1.807) is 0 Å². The van der Waals surface area contributed by atoms with E-state index in [-0.39, 0.29) is 0 Å². The summed E-state index contributed by atoms with van der Waals surface area (Å²) in [6.07, 6.45) is 3.99. The van der Waals surface area contributed by atoms with Crippen molar-refractivity contribution in [2.45, 2.75) is 32.2 Å². The highest BCUT2D eigenvalue weighted by atomic mass is 127. The lowest BCUT2D eigenvalue weighted by atomic mass is 9.88. The molecule has 0 radical (unpaired) electrons. The third kappa shape index (κ3) is 2.98. The van der Waals surface area contributed by atoms with E-state index in [4.69, 9.17) is 0 Å². The van der Waals surface area contributed by atoms with E-state index in [0.717, 1.165) is 0 Å². The summed E-state index contributed by atoms with van der Waals surface area (Å²) >= 11 is 2.49. The van der Waals surface area contributed by atoms with Crippen molar-refractivity contribution >= 4 is 22.6 Å². The first-order valence-corrected chi connectivity index (χ1v) is 8.45. The fourth-order valence-corrected chi connectivity index (χ4v) is 4.35. The molecule has 0 spiro atoms. The van der Waals surface area contributed by atoms with E-state index >= 15 is 0 Å². The summed E-state index contributed by atoms with van der Waals surface area (Å²) in [5.74, 6) is 0. The van der Waals surface area contributed by atoms with Crippen LogP contribution in [0, 0.1) is 8.99 Å². The van der Waals surface area contributed by atoms with E-state index in [1.807, 2.05) is 0 Å². The van der Waals surface area contributed by atoms with E-state index in [1.165, 1.54) is 54.6 Å². The second-order valence-electron chi connectivity index (χ2n) is 6.39. The van der Waals surface area contributed by atoms with Crippen molar-refractivity contribution in [2.24, 2.45) is 5.41 Å². The molecule has 1 N–H and O–H groups in total. The molecular formula is C16H23IN2. The summed E-state index contributed by atoms with van der Waals surface area (Å²) in [6.45, 7) is 7.33. The largest absolute Gasteiger partial charge is 0.316 e. The van der Waals surface area contributed by atoms with Gasteiger partial charge in [0.1, 0.15) is 0 Å². The van der Waals surface area contributed by atoms with Crippen LogP contribution >= 0.6 is 22.6 Å². The summed E-state index contributed by atoms with van der Waals surface area (Å²) in [7, 11) is 0. The summed E-state index contributed by atoms with van der Waals surface area (Å²) < 4.78 is 1.42. The first-order valence-electron chi connectivity index (χ1n) is 7.37. The molecule has 1 aromatic rings. The summed E-state index contributed by atoms with van der Waals surface area (Å²) in [4.78, 5) is 2.73. The van der Waals surface area contributed by atoms with Gasteiger partial charge in [-0.15, -0.1) is 0 Å². The molecule has 1 aromatic carbocycles. The highest BCUT2D eigenvalue weighted by Crippen LogP contribution is 2.37. The van der Waals surface area contributed by atoms with E-state index < -0.39 is 0 Å². The van der Waals surface area contributed by atoms with Crippen LogP contribution in [0.2, 0.25) is 0 Å². The number of hydrogen-bond donors (Lipinski definition) is 1. The molecule has 2 fully saturated rings. The van der Waals surface area contributed by atoms with Gasteiger partial charge in [0.05, 0.1) is 0 Å². The first-order chi connectivity index (χ1) is 9.18. The molecule has 0 saturated carbocycles. The summed E-state index contributed by atoms with van der Waals surface area (Å²) in [5, 5.41) is 3.52. The highest BCUT2D eigenvalue weighted by Gasteiger charge is 2.35. The maximum absolute atomic E-state index is 3.52. The number of hydrogen-bond acceptors (Lipinski definition) is 2. The van der Waals surface area contributed by atoms with Crippen molar-refractivity contribution in [1.82, 2.24) is 10.2 Å². The number of halogens is 1. The molecule has 0 bridgehead atoms. The number of benzene rings is 1. The fourth-order valence-electron chi connectivity index (χ4n) is 3.61. The molecule has 0 aliphatic carbocycles. The van der Waals surface area contributed by atoms with Gasteiger partial charge in [-0.2, -0.15) is 0 Å². The quantitative estimate of drug-likeness (QED) is 0.821. The van der Waals surface area contributed by atoms with Crippen LogP contribution in [0.5, 0.6) is 0 Å². The van der Waals surface area contributed by atoms with E-state index in [9.17, 15) is 0 Å². The zero-order valence-corrected chi connectivity index (χ0v) is 13.8. The van der Waals surface area contributed by atoms with Crippen molar-refractivity contribution in [3.63, 3.8) is 0 Å². The van der Waals surface area contributed by atoms with Gasteiger partial charge in [-0.3, -0.25) is 4.90 Å². The van der Waals surface area contributed by atoms with Crippen molar-refractivity contribution in [1.29, 1.82) is 0 Å². The average Bonchev–Trinajstić information content (AvgIpc) is 3.00. The topological polar surface area (TPSA) is 15.3 Å². The second kappa shape index (κ2) is 5.70. The van der Waals surface area contributed by atoms with E-state index in [2.05, 4.69) is 64.0 Å². The van der Waals surface area contributed by atoms with Gasteiger partial charge in [0.15, 0.2) is 0 Å². The van der Waals surface area contributed by atoms with Crippen LogP contribution in [-0.4, -0.2) is 31.1 Å². The number of likely N-dealkylation sites (tertiary alicyclic amines) is 1. The fraction of sp³-hybridized carbons (Fsp3) is 0.625. The van der Waals surface area contributed by atoms with Gasteiger partial charge in [-0.05, 0) is 72.0 Å². The predicted molar refractivity (Wildman–Crippen MR) is 88.3 cm³/mol. The second-order valence-corrected chi connectivity index (χ2v) is 7.55. The third-order valence-corrected chi connectivity index (χ3v) is 5.65. The molecule has 19 heavy (non-hydrogen) atoms. The Morgan fingerprint density at radius 3 is 3.00 bits per heavy atom. The summed E-state index contributed by atoms with van der Waals surface area (Å²) in [6, 6.07) is 9.54. The Morgan fingerprint density at radius 2 is 2.26 bits per heavy atom. The molecule has 3 heteroatoms. The predicted octanol–water partition coefficient (Wildman–Crippen LogP) is 3.43. The minimum Gasteiger partial charge on any atom is -0.316 e. The zero-order chi connectivity index (χ0) is 13.3. The number of nitrogens with one attached hydrogen (secondary N) is 1. The molecule has 2 saturated heterocycles. The first kappa shape index (κ1) is 13.8. The lowest BCUT2D eigenvalue weighted by Gasteiger charge is -2.33. The Bertz CT molecular complexity index is 440. The van der Waals surface area contributed by atoms with Crippen molar-refractivity contribution in [2.75, 3.05) is 26.2 Å². The standard InChI is InChI=1S/C16H23IN2/c1-16(8-9-18-11-16)12-19-10-4-7-15(19)13-5-2-3-6-14(13)17/h2-3,5-6,15,18H,4,7-12H2,1H3. The summed E-state index contributed by atoms with van der Waals surface area (Å²) in [5.41, 5.74) is 2.01. The van der Waals surface area contributed by atoms with Gasteiger partial charge in [0.2, 0.25) is 0 Å². The molecular weight excluding hydrogens is 347 g/mol. The van der Waals surface area contributed by atoms with Crippen LogP contribution in [0.4, 0.5) is 0 Å². The Labute approximate surface area is 130 Å². The van der Waals surface area contributed by atoms with E-state index in [0.29, 0.717) is 11.5 Å². The van der Waals surface area contributed by atoms with Gasteiger partial charge < -0.3 is 5.32 Å². The van der Waals surface area contributed by atoms with Gasteiger partial charge in [0, 0.05) is 22.7 Å². The Hall–Kier alpha value is -0.130. The lowest BCUT2D eigenvalue weighted by molar-refractivity contribution is 0.165. The lowest BCUT2D eigenvalue weighted by Crippen LogP contribution is -2.37. The number of rotatable bonds is 3. The van der Waals surface area contributed by atoms with Gasteiger partial charge in [0.25, 0.3) is 0 Å². The molecule has 2 aliphatic rings. The van der Waals surface area contributed by atoms with Crippen molar-refractivity contribution in [3.8, 4) is 0 Å². The highest BCUT2D eigenvalue weighted by molar-refractivity contribution is 14.1. The smallest absolute Gasteiger partial charge is 0.0359 e. The van der Waals surface area contributed by atoms with Crippen LogP contribution in [0.15, 0.2) is 24.3 Å². The minimum absolute atomic E-state index is 0.475. The minimum atomic E-state index is 0.475. The maximum atomic E-state index is 3.52. The SMILES string of the molecule is CC1(CN2CCCC2c2ccccc2I)CCNC1. The molecule has 2 atom stereocenters. The van der Waals surface area contributed by atoms with Gasteiger partial charge in [-0.25, -0.2) is 0 Å².